The van der Waals surface area contributed by atoms with Gasteiger partial charge in [0.15, 0.2) is 17.5 Å². The molecule has 6 heteroatoms. The van der Waals surface area contributed by atoms with Gasteiger partial charge in [0.25, 0.3) is 0 Å². The molecule has 0 N–H and O–H groups in total. The maximum atomic E-state index is 6.67. The number of nitrogens with zero attached hydrogens (tertiary/aromatic N) is 4. The van der Waals surface area contributed by atoms with E-state index in [1.807, 2.05) is 54.6 Å². The second-order valence-electron chi connectivity index (χ2n) is 17.5. The highest BCUT2D eigenvalue weighted by Crippen LogP contribution is 2.41. The Balaban J connectivity index is 0.882. The first-order chi connectivity index (χ1) is 34.2. The first-order valence-electron chi connectivity index (χ1n) is 23.2. The minimum absolute atomic E-state index is 0.551. The fraction of sp³-hybridized carbons (Fsp3) is 0. The summed E-state index contributed by atoms with van der Waals surface area (Å²) in [6, 6.07) is 80.4. The summed E-state index contributed by atoms with van der Waals surface area (Å²) >= 11 is 0. The topological polar surface area (TPSA) is 69.9 Å². The van der Waals surface area contributed by atoms with Crippen molar-refractivity contribution in [2.75, 3.05) is 0 Å². The lowest BCUT2D eigenvalue weighted by Crippen LogP contribution is -2.00. The van der Waals surface area contributed by atoms with Gasteiger partial charge in [0.2, 0.25) is 0 Å². The first-order valence-corrected chi connectivity index (χ1v) is 23.2. The Bertz CT molecular complexity index is 4300. The largest absolute Gasteiger partial charge is 0.456 e. The second-order valence-corrected chi connectivity index (χ2v) is 17.5. The van der Waals surface area contributed by atoms with Crippen LogP contribution in [0, 0.1) is 0 Å². The molecule has 4 heterocycles. The third kappa shape index (κ3) is 6.45. The molecular formula is C63H38N4O2. The Morgan fingerprint density at radius 1 is 0.290 bits per heavy atom. The van der Waals surface area contributed by atoms with E-state index in [-0.39, 0.29) is 0 Å². The minimum atomic E-state index is 0.551. The molecular weight excluding hydrogens is 845 g/mol. The van der Waals surface area contributed by atoms with Crippen LogP contribution in [0.25, 0.3) is 139 Å². The Morgan fingerprint density at radius 3 is 1.68 bits per heavy atom. The van der Waals surface area contributed by atoms with Crippen LogP contribution in [0.15, 0.2) is 239 Å². The molecule has 0 aliphatic carbocycles. The molecule has 10 aromatic carbocycles. The van der Waals surface area contributed by atoms with Crippen molar-refractivity contribution in [3.63, 3.8) is 0 Å². The van der Waals surface area contributed by atoms with E-state index in [4.69, 9.17) is 23.8 Å². The number of rotatable bonds is 7. The van der Waals surface area contributed by atoms with Crippen molar-refractivity contribution in [1.29, 1.82) is 0 Å². The smallest absolute Gasteiger partial charge is 0.164 e. The summed E-state index contributed by atoms with van der Waals surface area (Å²) < 4.78 is 15.6. The molecule has 0 unspecified atom stereocenters. The predicted octanol–water partition coefficient (Wildman–Crippen LogP) is 16.8. The number of benzene rings is 10. The van der Waals surface area contributed by atoms with Gasteiger partial charge in [0.05, 0.1) is 11.0 Å². The molecule has 0 bridgehead atoms. The molecule has 0 atom stereocenters. The average Bonchev–Trinajstić information content (AvgIpc) is 4.10. The van der Waals surface area contributed by atoms with Gasteiger partial charge in [-0.25, -0.2) is 15.0 Å². The van der Waals surface area contributed by atoms with Crippen LogP contribution in [0.1, 0.15) is 0 Å². The number of hydrogen-bond donors (Lipinski definition) is 0. The van der Waals surface area contributed by atoms with Crippen molar-refractivity contribution in [1.82, 2.24) is 19.5 Å². The number of para-hydroxylation sites is 3. The summed E-state index contributed by atoms with van der Waals surface area (Å²) in [6.45, 7) is 0. The summed E-state index contributed by atoms with van der Waals surface area (Å²) in [6.07, 6.45) is 0. The lowest BCUT2D eigenvalue weighted by molar-refractivity contribution is 0.669. The molecule has 0 aliphatic heterocycles. The lowest BCUT2D eigenvalue weighted by Gasteiger charge is -2.10. The van der Waals surface area contributed by atoms with Gasteiger partial charge in [-0.15, -0.1) is 0 Å². The van der Waals surface area contributed by atoms with Crippen molar-refractivity contribution in [3.8, 4) is 73.2 Å². The van der Waals surface area contributed by atoms with Gasteiger partial charge in [0, 0.05) is 60.3 Å². The molecule has 69 heavy (non-hydrogen) atoms. The quantitative estimate of drug-likeness (QED) is 0.159. The molecule has 14 aromatic rings. The van der Waals surface area contributed by atoms with Gasteiger partial charge in [0.1, 0.15) is 22.3 Å². The van der Waals surface area contributed by atoms with E-state index in [2.05, 4.69) is 180 Å². The molecule has 0 spiro atoms. The van der Waals surface area contributed by atoms with Crippen molar-refractivity contribution in [2.45, 2.75) is 0 Å². The van der Waals surface area contributed by atoms with E-state index in [0.717, 1.165) is 99.6 Å². The van der Waals surface area contributed by atoms with Crippen LogP contribution in [0.2, 0.25) is 0 Å². The highest BCUT2D eigenvalue weighted by atomic mass is 16.3. The molecule has 0 aliphatic rings. The molecule has 6 nitrogen and oxygen atoms in total. The van der Waals surface area contributed by atoms with E-state index in [0.29, 0.717) is 17.5 Å². The summed E-state index contributed by atoms with van der Waals surface area (Å²) in [5.74, 6) is 1.69. The van der Waals surface area contributed by atoms with Gasteiger partial charge in [-0.1, -0.05) is 164 Å². The van der Waals surface area contributed by atoms with Gasteiger partial charge < -0.3 is 13.4 Å². The summed E-state index contributed by atoms with van der Waals surface area (Å²) in [5, 5.41) is 6.49. The Kier molecular flexibility index (Phi) is 8.79. The fourth-order valence-corrected chi connectivity index (χ4v) is 10.2. The van der Waals surface area contributed by atoms with Crippen molar-refractivity contribution < 1.29 is 8.83 Å². The standard InChI is InChI=1S/C63H38N4O2/c1-4-15-39(16-5-1)47-24-13-25-50-49-32-29-45(38-58(49)69-60(47)50)62-64-61(40-17-6-2-7-18-40)65-63(66-62)51-26-14-28-57-59(51)53-37-44(31-34-56(53)68-57)42-20-12-19-41(35-42)43-30-33-55-52(36-43)48-23-10-11-27-54(48)67(55)46-21-8-3-9-22-46/h1-38H. The van der Waals surface area contributed by atoms with E-state index in [1.165, 1.54) is 21.8 Å². The molecule has 0 radical (unpaired) electrons. The third-order valence-corrected chi connectivity index (χ3v) is 13.5. The number of aromatic nitrogens is 4. The zero-order valence-electron chi connectivity index (χ0n) is 37.0. The minimum Gasteiger partial charge on any atom is -0.456 e. The van der Waals surface area contributed by atoms with Gasteiger partial charge >= 0.3 is 0 Å². The maximum Gasteiger partial charge on any atom is 0.164 e. The second kappa shape index (κ2) is 15.6. The molecule has 14 rings (SSSR count). The molecule has 4 aromatic heterocycles. The van der Waals surface area contributed by atoms with E-state index >= 15 is 0 Å². The van der Waals surface area contributed by atoms with Crippen LogP contribution in [-0.4, -0.2) is 19.5 Å². The Hall–Kier alpha value is -9.39. The SMILES string of the molecule is c1ccc(-c2nc(-c3ccc4c(c3)oc3c(-c5ccccc5)cccc34)nc(-c3cccc4oc5ccc(-c6cccc(-c7ccc8c(c7)c7ccccc7n8-c7ccccc7)c6)cc5c34)n2)cc1. The zero-order valence-corrected chi connectivity index (χ0v) is 37.0. The third-order valence-electron chi connectivity index (χ3n) is 13.5. The van der Waals surface area contributed by atoms with E-state index in [9.17, 15) is 0 Å². The Morgan fingerprint density at radius 2 is 0.870 bits per heavy atom. The van der Waals surface area contributed by atoms with Gasteiger partial charge in [-0.3, -0.25) is 0 Å². The maximum absolute atomic E-state index is 6.67. The molecule has 0 saturated carbocycles. The van der Waals surface area contributed by atoms with Crippen molar-refractivity contribution in [2.24, 2.45) is 0 Å². The number of fused-ring (bicyclic) bond motifs is 9. The van der Waals surface area contributed by atoms with Crippen LogP contribution in [0.4, 0.5) is 0 Å². The monoisotopic (exact) mass is 882 g/mol. The number of furan rings is 2. The highest BCUT2D eigenvalue weighted by molar-refractivity contribution is 6.14. The van der Waals surface area contributed by atoms with Gasteiger partial charge in [-0.2, -0.15) is 0 Å². The summed E-state index contributed by atoms with van der Waals surface area (Å²) in [4.78, 5) is 15.5. The van der Waals surface area contributed by atoms with Crippen LogP contribution < -0.4 is 0 Å². The van der Waals surface area contributed by atoms with Crippen molar-refractivity contribution >= 4 is 65.7 Å². The van der Waals surface area contributed by atoms with Crippen molar-refractivity contribution in [3.05, 3.63) is 231 Å². The molecule has 0 amide bonds. The summed E-state index contributed by atoms with van der Waals surface area (Å²) in [7, 11) is 0. The number of hydrogen-bond acceptors (Lipinski definition) is 5. The first kappa shape index (κ1) is 38.8. The van der Waals surface area contributed by atoms with Gasteiger partial charge in [-0.05, 0) is 94.5 Å². The fourth-order valence-electron chi connectivity index (χ4n) is 10.2. The highest BCUT2D eigenvalue weighted by Gasteiger charge is 2.21. The van der Waals surface area contributed by atoms with Crippen LogP contribution in [-0.2, 0) is 0 Å². The van der Waals surface area contributed by atoms with E-state index < -0.39 is 0 Å². The normalized spacial score (nSPS) is 11.8. The van der Waals surface area contributed by atoms with E-state index in [1.54, 1.807) is 0 Å². The summed E-state index contributed by atoms with van der Waals surface area (Å²) in [5.41, 5.74) is 15.9. The van der Waals surface area contributed by atoms with Crippen LogP contribution >= 0.6 is 0 Å². The predicted molar refractivity (Wildman–Crippen MR) is 281 cm³/mol. The Labute approximate surface area is 396 Å². The molecule has 0 fully saturated rings. The van der Waals surface area contributed by atoms with Crippen LogP contribution in [0.5, 0.6) is 0 Å². The molecule has 0 saturated heterocycles. The van der Waals surface area contributed by atoms with Crippen LogP contribution in [0.3, 0.4) is 0 Å². The average molecular weight is 883 g/mol. The lowest BCUT2D eigenvalue weighted by atomic mass is 9.96. The zero-order chi connectivity index (χ0) is 45.4. The molecule has 322 valence electrons.